The maximum absolute atomic E-state index is 5.57. The molecule has 92 valence electrons. The van der Waals surface area contributed by atoms with E-state index in [0.29, 0.717) is 25.2 Å². The van der Waals surface area contributed by atoms with Gasteiger partial charge in [0.05, 0.1) is 19.8 Å². The smallest absolute Gasteiger partial charge is 0.0701 e. The summed E-state index contributed by atoms with van der Waals surface area (Å²) in [6.07, 6.45) is 2.49. The van der Waals surface area contributed by atoms with Gasteiger partial charge in [0.1, 0.15) is 0 Å². The molecule has 2 atom stereocenters. The number of nitrogens with one attached hydrogen (secondary N) is 1. The lowest BCUT2D eigenvalue weighted by Gasteiger charge is -2.24. The highest BCUT2D eigenvalue weighted by Crippen LogP contribution is 2.10. The summed E-state index contributed by atoms with van der Waals surface area (Å²) in [4.78, 5) is 0. The van der Waals surface area contributed by atoms with Crippen molar-refractivity contribution in [3.05, 3.63) is 0 Å². The second-order valence-corrected chi connectivity index (χ2v) is 4.00. The number of methoxy groups -OCH3 is 1. The third kappa shape index (κ3) is 7.77. The van der Waals surface area contributed by atoms with Crippen LogP contribution in [0.2, 0.25) is 0 Å². The first kappa shape index (κ1) is 14.9. The molecule has 0 rings (SSSR count). The van der Waals surface area contributed by atoms with Crippen molar-refractivity contribution in [2.24, 2.45) is 5.92 Å². The summed E-state index contributed by atoms with van der Waals surface area (Å²) in [7, 11) is 1.70. The average Bonchev–Trinajstić information content (AvgIpc) is 2.23. The Labute approximate surface area is 94.5 Å². The van der Waals surface area contributed by atoms with Crippen LogP contribution in [0.15, 0.2) is 0 Å². The molecule has 0 radical (unpaired) electrons. The lowest BCUT2D eigenvalue weighted by atomic mass is 9.97. The molecule has 0 aliphatic heterocycles. The first-order valence-electron chi connectivity index (χ1n) is 6.06. The van der Waals surface area contributed by atoms with E-state index in [-0.39, 0.29) is 0 Å². The maximum atomic E-state index is 5.57. The number of rotatable bonds is 10. The van der Waals surface area contributed by atoms with Gasteiger partial charge in [-0.1, -0.05) is 27.2 Å². The van der Waals surface area contributed by atoms with Crippen molar-refractivity contribution in [3.8, 4) is 0 Å². The molecule has 2 unspecified atom stereocenters. The minimum Gasteiger partial charge on any atom is -0.382 e. The van der Waals surface area contributed by atoms with Crippen molar-refractivity contribution >= 4 is 0 Å². The third-order valence-corrected chi connectivity index (χ3v) is 2.63. The van der Waals surface area contributed by atoms with Gasteiger partial charge in [-0.3, -0.25) is 0 Å². The zero-order valence-electron chi connectivity index (χ0n) is 10.7. The van der Waals surface area contributed by atoms with E-state index in [2.05, 4.69) is 26.1 Å². The summed E-state index contributed by atoms with van der Waals surface area (Å²) in [5, 5.41) is 3.48. The monoisotopic (exact) mass is 217 g/mol. The van der Waals surface area contributed by atoms with Crippen LogP contribution < -0.4 is 5.32 Å². The highest BCUT2D eigenvalue weighted by molar-refractivity contribution is 4.72. The van der Waals surface area contributed by atoms with Gasteiger partial charge in [0.2, 0.25) is 0 Å². The molecule has 0 saturated carbocycles. The minimum absolute atomic E-state index is 0.479. The van der Waals surface area contributed by atoms with E-state index in [1.807, 2.05) is 0 Å². The fraction of sp³-hybridized carbons (Fsp3) is 1.00. The van der Waals surface area contributed by atoms with E-state index in [9.17, 15) is 0 Å². The molecule has 0 saturated heterocycles. The van der Waals surface area contributed by atoms with Gasteiger partial charge in [-0.2, -0.15) is 0 Å². The molecule has 0 bridgehead atoms. The maximum Gasteiger partial charge on any atom is 0.0701 e. The van der Waals surface area contributed by atoms with Crippen molar-refractivity contribution in [3.63, 3.8) is 0 Å². The highest BCUT2D eigenvalue weighted by Gasteiger charge is 2.15. The molecule has 3 heteroatoms. The van der Waals surface area contributed by atoms with Gasteiger partial charge < -0.3 is 14.8 Å². The number of hydrogen-bond donors (Lipinski definition) is 1. The fourth-order valence-corrected chi connectivity index (χ4v) is 1.70. The van der Waals surface area contributed by atoms with Crippen LogP contribution in [0.4, 0.5) is 0 Å². The predicted molar refractivity (Wildman–Crippen MR) is 64.2 cm³/mol. The van der Waals surface area contributed by atoms with Crippen LogP contribution in [0, 0.1) is 5.92 Å². The second kappa shape index (κ2) is 10.4. The molecule has 1 N–H and O–H groups in total. The van der Waals surface area contributed by atoms with Crippen LogP contribution in [0.1, 0.15) is 33.6 Å². The van der Waals surface area contributed by atoms with Crippen molar-refractivity contribution in [2.45, 2.75) is 39.7 Å². The molecule has 0 fully saturated rings. The predicted octanol–water partition coefficient (Wildman–Crippen LogP) is 2.06. The molecule has 0 aromatic heterocycles. The first-order valence-corrected chi connectivity index (χ1v) is 6.06. The number of hydrogen-bond acceptors (Lipinski definition) is 3. The Hall–Kier alpha value is -0.120. The molecular formula is C12H27NO2. The van der Waals surface area contributed by atoms with Crippen LogP contribution in [-0.4, -0.2) is 39.5 Å². The summed E-state index contributed by atoms with van der Waals surface area (Å²) in [5.41, 5.74) is 0. The molecule has 0 aromatic rings. The van der Waals surface area contributed by atoms with Crippen molar-refractivity contribution in [1.29, 1.82) is 0 Å². The van der Waals surface area contributed by atoms with E-state index >= 15 is 0 Å². The molecule has 0 amide bonds. The summed E-state index contributed by atoms with van der Waals surface area (Å²) < 4.78 is 10.5. The van der Waals surface area contributed by atoms with Crippen LogP contribution in [0.5, 0.6) is 0 Å². The molecule has 0 aliphatic rings. The molecule has 0 heterocycles. The van der Waals surface area contributed by atoms with E-state index in [1.165, 1.54) is 12.8 Å². The molecule has 15 heavy (non-hydrogen) atoms. The number of ether oxygens (including phenoxy) is 2. The molecule has 0 aliphatic carbocycles. The van der Waals surface area contributed by atoms with Gasteiger partial charge in [-0.25, -0.2) is 0 Å². The Morgan fingerprint density at radius 3 is 2.47 bits per heavy atom. The Morgan fingerprint density at radius 1 is 1.20 bits per heavy atom. The fourth-order valence-electron chi connectivity index (χ4n) is 1.70. The zero-order valence-corrected chi connectivity index (χ0v) is 10.7. The quantitative estimate of drug-likeness (QED) is 0.568. The van der Waals surface area contributed by atoms with Crippen molar-refractivity contribution in [2.75, 3.05) is 33.5 Å². The van der Waals surface area contributed by atoms with Crippen LogP contribution in [0.25, 0.3) is 0 Å². The highest BCUT2D eigenvalue weighted by atomic mass is 16.5. The van der Waals surface area contributed by atoms with Crippen molar-refractivity contribution < 1.29 is 9.47 Å². The van der Waals surface area contributed by atoms with Crippen LogP contribution in [-0.2, 0) is 9.47 Å². The van der Waals surface area contributed by atoms with Crippen LogP contribution >= 0.6 is 0 Å². The van der Waals surface area contributed by atoms with Gasteiger partial charge in [-0.05, 0) is 18.9 Å². The Kier molecular flexibility index (Phi) is 10.3. The van der Waals surface area contributed by atoms with E-state index in [0.717, 1.165) is 13.2 Å². The Balaban J connectivity index is 3.71. The summed E-state index contributed by atoms with van der Waals surface area (Å²) in [6, 6.07) is 0.479. The average molecular weight is 217 g/mol. The summed E-state index contributed by atoms with van der Waals surface area (Å²) in [5.74, 6) is 0.678. The first-order chi connectivity index (χ1) is 7.26. The standard InChI is InChI=1S/C12H27NO2/c1-5-7-11(3)12(13-6-2)10-15-9-8-14-4/h11-13H,5-10H2,1-4H3. The van der Waals surface area contributed by atoms with Gasteiger partial charge in [0.15, 0.2) is 0 Å². The Bertz CT molecular complexity index is 131. The Morgan fingerprint density at radius 2 is 1.93 bits per heavy atom. The topological polar surface area (TPSA) is 30.5 Å². The van der Waals surface area contributed by atoms with Crippen molar-refractivity contribution in [1.82, 2.24) is 5.32 Å². The van der Waals surface area contributed by atoms with Crippen LogP contribution in [0.3, 0.4) is 0 Å². The minimum atomic E-state index is 0.479. The van der Waals surface area contributed by atoms with E-state index in [4.69, 9.17) is 9.47 Å². The zero-order chi connectivity index (χ0) is 11.5. The number of likely N-dealkylation sites (N-methyl/N-ethyl adjacent to an activating group) is 1. The SMILES string of the molecule is CCCC(C)C(COCCOC)NCC. The normalized spacial score (nSPS) is 15.2. The second-order valence-electron chi connectivity index (χ2n) is 4.00. The molecule has 0 spiro atoms. The van der Waals surface area contributed by atoms with Gasteiger partial charge in [0.25, 0.3) is 0 Å². The largest absolute Gasteiger partial charge is 0.382 e. The van der Waals surface area contributed by atoms with Gasteiger partial charge in [0, 0.05) is 13.2 Å². The van der Waals surface area contributed by atoms with Gasteiger partial charge >= 0.3 is 0 Å². The molecule has 3 nitrogen and oxygen atoms in total. The third-order valence-electron chi connectivity index (χ3n) is 2.63. The van der Waals surface area contributed by atoms with E-state index in [1.54, 1.807) is 7.11 Å². The van der Waals surface area contributed by atoms with E-state index < -0.39 is 0 Å². The van der Waals surface area contributed by atoms with Gasteiger partial charge in [-0.15, -0.1) is 0 Å². The lowest BCUT2D eigenvalue weighted by Crippen LogP contribution is -2.39. The molecular weight excluding hydrogens is 190 g/mol. The summed E-state index contributed by atoms with van der Waals surface area (Å²) >= 11 is 0. The summed E-state index contributed by atoms with van der Waals surface area (Å²) in [6.45, 7) is 9.82. The molecule has 0 aromatic carbocycles. The lowest BCUT2D eigenvalue weighted by molar-refractivity contribution is 0.0499.